The van der Waals surface area contributed by atoms with Crippen molar-refractivity contribution < 1.29 is 13.9 Å². The Morgan fingerprint density at radius 2 is 1.89 bits per heavy atom. The highest BCUT2D eigenvalue weighted by Gasteiger charge is 2.17. The quantitative estimate of drug-likeness (QED) is 0.606. The van der Waals surface area contributed by atoms with Crippen LogP contribution in [-0.2, 0) is 11.3 Å². The van der Waals surface area contributed by atoms with Crippen LogP contribution >= 0.6 is 0 Å². The fraction of sp³-hybridized carbons (Fsp3) is 0.286. The van der Waals surface area contributed by atoms with E-state index in [0.717, 1.165) is 17.8 Å². The smallest absolute Gasteiger partial charge is 0.136 e. The summed E-state index contributed by atoms with van der Waals surface area (Å²) < 4.78 is 26.7. The van der Waals surface area contributed by atoms with E-state index in [0.29, 0.717) is 30.2 Å². The number of likely N-dealkylation sites (N-methyl/N-ethyl adjacent to an activating group) is 1. The molecule has 0 saturated carbocycles. The fourth-order valence-corrected chi connectivity index (χ4v) is 2.90. The first-order valence-corrected chi connectivity index (χ1v) is 8.77. The Bertz CT molecular complexity index is 880. The highest BCUT2D eigenvalue weighted by atomic mass is 19.1. The topological polar surface area (TPSA) is 39.5 Å². The largest absolute Gasteiger partial charge is 0.497 e. The van der Waals surface area contributed by atoms with Crippen LogP contribution in [0, 0.1) is 5.82 Å². The van der Waals surface area contributed by atoms with Crippen molar-refractivity contribution in [3.8, 4) is 22.7 Å². The molecule has 0 bridgehead atoms. The maximum atomic E-state index is 14.7. The number of para-hydroxylation sites is 1. The van der Waals surface area contributed by atoms with Gasteiger partial charge in [0.15, 0.2) is 0 Å². The first-order chi connectivity index (χ1) is 13.1. The maximum Gasteiger partial charge on any atom is 0.136 e. The predicted octanol–water partition coefficient (Wildman–Crippen LogP) is 3.77. The van der Waals surface area contributed by atoms with Crippen LogP contribution in [0.3, 0.4) is 0 Å². The zero-order chi connectivity index (χ0) is 19.2. The SMILES string of the molecule is COCCN(C)Cc1cn(-c2ccccc2)nc1-c1ccc(OC)cc1F. The molecule has 5 nitrogen and oxygen atoms in total. The summed E-state index contributed by atoms with van der Waals surface area (Å²) in [6, 6.07) is 14.7. The molecule has 1 aromatic heterocycles. The van der Waals surface area contributed by atoms with Gasteiger partial charge in [-0.15, -0.1) is 0 Å². The third-order valence-corrected chi connectivity index (χ3v) is 4.36. The minimum atomic E-state index is -0.353. The van der Waals surface area contributed by atoms with Crippen molar-refractivity contribution in [2.24, 2.45) is 0 Å². The van der Waals surface area contributed by atoms with Gasteiger partial charge in [0.05, 0.1) is 19.4 Å². The summed E-state index contributed by atoms with van der Waals surface area (Å²) in [5.74, 6) is 0.131. The molecule has 0 unspecified atom stereocenters. The van der Waals surface area contributed by atoms with Gasteiger partial charge in [-0.2, -0.15) is 5.10 Å². The van der Waals surface area contributed by atoms with E-state index in [4.69, 9.17) is 9.47 Å². The number of nitrogens with zero attached hydrogens (tertiary/aromatic N) is 3. The van der Waals surface area contributed by atoms with Gasteiger partial charge >= 0.3 is 0 Å². The number of halogens is 1. The number of hydrogen-bond acceptors (Lipinski definition) is 4. The van der Waals surface area contributed by atoms with E-state index in [9.17, 15) is 4.39 Å². The normalized spacial score (nSPS) is 11.1. The Kier molecular flexibility index (Phi) is 6.21. The number of aromatic nitrogens is 2. The molecule has 0 aliphatic carbocycles. The summed E-state index contributed by atoms with van der Waals surface area (Å²) in [4.78, 5) is 2.13. The number of methoxy groups -OCH3 is 2. The molecule has 2 aromatic carbocycles. The Morgan fingerprint density at radius 1 is 1.11 bits per heavy atom. The van der Waals surface area contributed by atoms with Crippen molar-refractivity contribution in [3.05, 3.63) is 66.1 Å². The van der Waals surface area contributed by atoms with Crippen LogP contribution in [0.2, 0.25) is 0 Å². The van der Waals surface area contributed by atoms with Crippen molar-refractivity contribution in [1.29, 1.82) is 0 Å². The molecule has 0 aliphatic heterocycles. The minimum absolute atomic E-state index is 0.353. The molecule has 0 aliphatic rings. The van der Waals surface area contributed by atoms with E-state index < -0.39 is 0 Å². The molecule has 0 atom stereocenters. The van der Waals surface area contributed by atoms with Gasteiger partial charge in [-0.25, -0.2) is 9.07 Å². The van der Waals surface area contributed by atoms with Crippen LogP contribution in [0.4, 0.5) is 4.39 Å². The lowest BCUT2D eigenvalue weighted by molar-refractivity contribution is 0.158. The molecule has 27 heavy (non-hydrogen) atoms. The average molecular weight is 369 g/mol. The standard InChI is InChI=1S/C21H24FN3O2/c1-24(11-12-26-2)14-16-15-25(17-7-5-4-6-8-17)23-21(16)19-10-9-18(27-3)13-20(19)22/h4-10,13,15H,11-12,14H2,1-3H3. The second-order valence-corrected chi connectivity index (χ2v) is 6.36. The van der Waals surface area contributed by atoms with Crippen LogP contribution in [0.5, 0.6) is 5.75 Å². The minimum Gasteiger partial charge on any atom is -0.497 e. The number of benzene rings is 2. The molecule has 3 rings (SSSR count). The molecule has 0 fully saturated rings. The van der Waals surface area contributed by atoms with Crippen LogP contribution in [0.1, 0.15) is 5.56 Å². The zero-order valence-electron chi connectivity index (χ0n) is 15.9. The molecule has 0 N–H and O–H groups in total. The lowest BCUT2D eigenvalue weighted by Crippen LogP contribution is -2.22. The molecule has 0 saturated heterocycles. The maximum absolute atomic E-state index is 14.7. The van der Waals surface area contributed by atoms with Crippen LogP contribution in [0.25, 0.3) is 16.9 Å². The highest BCUT2D eigenvalue weighted by Crippen LogP contribution is 2.29. The van der Waals surface area contributed by atoms with Gasteiger partial charge in [0.2, 0.25) is 0 Å². The first-order valence-electron chi connectivity index (χ1n) is 8.77. The van der Waals surface area contributed by atoms with Crippen molar-refractivity contribution in [3.63, 3.8) is 0 Å². The molecular formula is C21H24FN3O2. The van der Waals surface area contributed by atoms with E-state index in [1.165, 1.54) is 13.2 Å². The van der Waals surface area contributed by atoms with E-state index >= 15 is 0 Å². The summed E-state index contributed by atoms with van der Waals surface area (Å²) in [6.45, 7) is 2.05. The van der Waals surface area contributed by atoms with Crippen molar-refractivity contribution in [1.82, 2.24) is 14.7 Å². The molecule has 3 aromatic rings. The molecular weight excluding hydrogens is 345 g/mol. The average Bonchev–Trinajstić information content (AvgIpc) is 3.10. The van der Waals surface area contributed by atoms with Gasteiger partial charge in [-0.05, 0) is 31.3 Å². The Morgan fingerprint density at radius 3 is 2.56 bits per heavy atom. The number of ether oxygens (including phenoxy) is 2. The molecule has 1 heterocycles. The van der Waals surface area contributed by atoms with Crippen molar-refractivity contribution >= 4 is 0 Å². The summed E-state index contributed by atoms with van der Waals surface area (Å²) in [7, 11) is 5.21. The van der Waals surface area contributed by atoms with Crippen LogP contribution < -0.4 is 4.74 Å². The van der Waals surface area contributed by atoms with E-state index in [-0.39, 0.29) is 5.82 Å². The van der Waals surface area contributed by atoms with E-state index in [2.05, 4.69) is 10.00 Å². The lowest BCUT2D eigenvalue weighted by Gasteiger charge is -2.16. The van der Waals surface area contributed by atoms with Gasteiger partial charge < -0.3 is 9.47 Å². The first kappa shape index (κ1) is 19.1. The van der Waals surface area contributed by atoms with Crippen LogP contribution in [-0.4, -0.2) is 49.1 Å². The third kappa shape index (κ3) is 4.53. The Labute approximate surface area is 158 Å². The van der Waals surface area contributed by atoms with Gasteiger partial charge in [0.25, 0.3) is 0 Å². The molecule has 142 valence electrons. The number of hydrogen-bond donors (Lipinski definition) is 0. The lowest BCUT2D eigenvalue weighted by atomic mass is 10.1. The Hall–Kier alpha value is -2.70. The second kappa shape index (κ2) is 8.79. The second-order valence-electron chi connectivity index (χ2n) is 6.36. The summed E-state index contributed by atoms with van der Waals surface area (Å²) >= 11 is 0. The molecule has 0 amide bonds. The van der Waals surface area contributed by atoms with Crippen molar-refractivity contribution in [2.45, 2.75) is 6.54 Å². The number of rotatable bonds is 8. The van der Waals surface area contributed by atoms with Crippen LogP contribution in [0.15, 0.2) is 54.7 Å². The van der Waals surface area contributed by atoms with E-state index in [1.807, 2.05) is 43.6 Å². The van der Waals surface area contributed by atoms with Gasteiger partial charge in [0.1, 0.15) is 17.3 Å². The summed E-state index contributed by atoms with van der Waals surface area (Å²) in [5, 5.41) is 4.68. The fourth-order valence-electron chi connectivity index (χ4n) is 2.90. The van der Waals surface area contributed by atoms with Gasteiger partial charge in [-0.3, -0.25) is 4.90 Å². The van der Waals surface area contributed by atoms with Crippen molar-refractivity contribution in [2.75, 3.05) is 34.4 Å². The predicted molar refractivity (Wildman–Crippen MR) is 104 cm³/mol. The molecule has 6 heteroatoms. The monoisotopic (exact) mass is 369 g/mol. The summed E-state index contributed by atoms with van der Waals surface area (Å²) in [5.41, 5.74) is 2.96. The third-order valence-electron chi connectivity index (χ3n) is 4.36. The Balaban J connectivity index is 2.01. The summed E-state index contributed by atoms with van der Waals surface area (Å²) in [6.07, 6.45) is 1.96. The van der Waals surface area contributed by atoms with E-state index in [1.54, 1.807) is 23.9 Å². The molecule has 0 spiro atoms. The zero-order valence-corrected chi connectivity index (χ0v) is 15.9. The molecule has 0 radical (unpaired) electrons. The van der Waals surface area contributed by atoms with Gasteiger partial charge in [-0.1, -0.05) is 18.2 Å². The van der Waals surface area contributed by atoms with Gasteiger partial charge in [0, 0.05) is 43.6 Å². The highest BCUT2D eigenvalue weighted by molar-refractivity contribution is 5.65.